The summed E-state index contributed by atoms with van der Waals surface area (Å²) in [6, 6.07) is 3.70. The molecule has 0 spiro atoms. The fraction of sp³-hybridized carbons (Fsp3) is 0.600. The van der Waals surface area contributed by atoms with Crippen molar-refractivity contribution in [2.24, 2.45) is 5.73 Å². The van der Waals surface area contributed by atoms with E-state index < -0.39 is 17.1 Å². The number of aryl methyl sites for hydroxylation is 1. The van der Waals surface area contributed by atoms with E-state index in [-0.39, 0.29) is 0 Å². The Labute approximate surface area is 131 Å². The van der Waals surface area contributed by atoms with E-state index in [1.807, 2.05) is 40.7 Å². The molecule has 1 amide bonds. The van der Waals surface area contributed by atoms with Crippen LogP contribution in [0.5, 0.6) is 0 Å². The van der Waals surface area contributed by atoms with Crippen LogP contribution in [0, 0.1) is 6.92 Å². The SMILES string of the molecule is Cc1cc(C(C)(CN)CNC(=O)OC(C)(C)C)cc(Cl)n1. The number of nitrogens with two attached hydrogens (primary N) is 1. The molecule has 1 atom stereocenters. The maximum atomic E-state index is 11.8. The second-order valence-electron chi connectivity index (χ2n) is 6.44. The summed E-state index contributed by atoms with van der Waals surface area (Å²) in [6.07, 6.45) is -0.459. The number of carbonyl (C=O) groups is 1. The molecule has 0 aliphatic rings. The van der Waals surface area contributed by atoms with Crippen molar-refractivity contribution in [1.29, 1.82) is 0 Å². The summed E-state index contributed by atoms with van der Waals surface area (Å²) in [5, 5.41) is 3.18. The molecule has 1 unspecified atom stereocenters. The first-order valence-corrected chi connectivity index (χ1v) is 7.25. The van der Waals surface area contributed by atoms with Crippen molar-refractivity contribution in [2.75, 3.05) is 13.1 Å². The smallest absolute Gasteiger partial charge is 0.407 e. The quantitative estimate of drug-likeness (QED) is 0.838. The number of pyridine rings is 1. The van der Waals surface area contributed by atoms with Gasteiger partial charge in [0.05, 0.1) is 0 Å². The largest absolute Gasteiger partial charge is 0.444 e. The first kappa shape index (κ1) is 17.7. The molecule has 1 aromatic rings. The second kappa shape index (κ2) is 6.62. The van der Waals surface area contributed by atoms with Gasteiger partial charge in [-0.3, -0.25) is 0 Å². The molecule has 5 nitrogen and oxygen atoms in total. The number of alkyl carbamates (subject to hydrolysis) is 1. The minimum atomic E-state index is -0.528. The van der Waals surface area contributed by atoms with Gasteiger partial charge >= 0.3 is 6.09 Å². The van der Waals surface area contributed by atoms with Gasteiger partial charge in [0, 0.05) is 24.2 Å². The Balaban J connectivity index is 2.83. The second-order valence-corrected chi connectivity index (χ2v) is 6.83. The number of nitrogens with one attached hydrogen (secondary N) is 1. The fourth-order valence-electron chi connectivity index (χ4n) is 1.85. The van der Waals surface area contributed by atoms with E-state index in [1.54, 1.807) is 6.07 Å². The molecule has 6 heteroatoms. The highest BCUT2D eigenvalue weighted by atomic mass is 35.5. The third-order valence-electron chi connectivity index (χ3n) is 3.09. The lowest BCUT2D eigenvalue weighted by Crippen LogP contribution is -2.45. The van der Waals surface area contributed by atoms with E-state index in [1.165, 1.54) is 0 Å². The van der Waals surface area contributed by atoms with Gasteiger partial charge in [0.1, 0.15) is 10.8 Å². The third-order valence-corrected chi connectivity index (χ3v) is 3.29. The summed E-state index contributed by atoms with van der Waals surface area (Å²) in [4.78, 5) is 15.9. The predicted octanol–water partition coefficient (Wildman–Crippen LogP) is 2.78. The van der Waals surface area contributed by atoms with E-state index in [2.05, 4.69) is 10.3 Å². The first-order chi connectivity index (χ1) is 9.55. The molecule has 1 heterocycles. The summed E-state index contributed by atoms with van der Waals surface area (Å²) < 4.78 is 5.23. The Kier molecular flexibility index (Phi) is 5.59. The average Bonchev–Trinajstić information content (AvgIpc) is 2.32. The van der Waals surface area contributed by atoms with E-state index in [4.69, 9.17) is 22.1 Å². The molecule has 0 fully saturated rings. The zero-order chi connectivity index (χ0) is 16.3. The van der Waals surface area contributed by atoms with Crippen molar-refractivity contribution in [1.82, 2.24) is 10.3 Å². The van der Waals surface area contributed by atoms with Crippen molar-refractivity contribution < 1.29 is 9.53 Å². The molecule has 1 aromatic heterocycles. The molecule has 0 radical (unpaired) electrons. The summed E-state index contributed by atoms with van der Waals surface area (Å²) in [7, 11) is 0. The highest BCUT2D eigenvalue weighted by molar-refractivity contribution is 6.29. The molecule has 0 aliphatic carbocycles. The van der Waals surface area contributed by atoms with Crippen LogP contribution in [0.2, 0.25) is 5.15 Å². The van der Waals surface area contributed by atoms with Crippen LogP contribution in [0.3, 0.4) is 0 Å². The minimum Gasteiger partial charge on any atom is -0.444 e. The summed E-state index contributed by atoms with van der Waals surface area (Å²) >= 11 is 6.00. The number of rotatable bonds is 4. The summed E-state index contributed by atoms with van der Waals surface area (Å²) in [5.74, 6) is 0. The molecule has 118 valence electrons. The van der Waals surface area contributed by atoms with Gasteiger partial charge < -0.3 is 15.8 Å². The number of aromatic nitrogens is 1. The molecule has 0 aliphatic heterocycles. The number of amides is 1. The Bertz CT molecular complexity index is 494. The molecule has 21 heavy (non-hydrogen) atoms. The van der Waals surface area contributed by atoms with Gasteiger partial charge in [-0.05, 0) is 45.4 Å². The van der Waals surface area contributed by atoms with Gasteiger partial charge in [0.25, 0.3) is 0 Å². The van der Waals surface area contributed by atoms with Crippen molar-refractivity contribution in [3.05, 3.63) is 28.5 Å². The average molecular weight is 314 g/mol. The number of hydrogen-bond acceptors (Lipinski definition) is 4. The predicted molar refractivity (Wildman–Crippen MR) is 84.6 cm³/mol. The Hall–Kier alpha value is -1.33. The van der Waals surface area contributed by atoms with Gasteiger partial charge in [0.2, 0.25) is 0 Å². The molecular weight excluding hydrogens is 290 g/mol. The lowest BCUT2D eigenvalue weighted by molar-refractivity contribution is 0.0516. The molecule has 0 saturated carbocycles. The molecule has 3 N–H and O–H groups in total. The maximum absolute atomic E-state index is 11.8. The molecular formula is C15H24ClN3O2. The molecule has 0 aromatic carbocycles. The van der Waals surface area contributed by atoms with Gasteiger partial charge in [-0.1, -0.05) is 18.5 Å². The number of carbonyl (C=O) groups excluding carboxylic acids is 1. The summed E-state index contributed by atoms with van der Waals surface area (Å²) in [6.45, 7) is 10.0. The van der Waals surface area contributed by atoms with Crippen LogP contribution >= 0.6 is 11.6 Å². The normalized spacial score (nSPS) is 14.4. The van der Waals surface area contributed by atoms with Crippen LogP contribution in [0.1, 0.15) is 39.0 Å². The maximum Gasteiger partial charge on any atom is 0.407 e. The molecule has 0 saturated heterocycles. The summed E-state index contributed by atoms with van der Waals surface area (Å²) in [5.41, 5.74) is 6.69. The van der Waals surface area contributed by atoms with Gasteiger partial charge in [0.15, 0.2) is 0 Å². The number of ether oxygens (including phenoxy) is 1. The fourth-order valence-corrected chi connectivity index (χ4v) is 2.10. The van der Waals surface area contributed by atoms with Gasteiger partial charge in [-0.25, -0.2) is 9.78 Å². The molecule has 1 rings (SSSR count). The van der Waals surface area contributed by atoms with Crippen LogP contribution in [0.4, 0.5) is 4.79 Å². The monoisotopic (exact) mass is 313 g/mol. The lowest BCUT2D eigenvalue weighted by Gasteiger charge is -2.30. The van der Waals surface area contributed by atoms with Crippen LogP contribution in [-0.2, 0) is 10.2 Å². The zero-order valence-corrected chi connectivity index (χ0v) is 14.0. The topological polar surface area (TPSA) is 77.2 Å². The number of nitrogens with zero attached hydrogens (tertiary/aromatic N) is 1. The minimum absolute atomic E-state index is 0.359. The lowest BCUT2D eigenvalue weighted by atomic mass is 9.82. The van der Waals surface area contributed by atoms with E-state index in [0.717, 1.165) is 11.3 Å². The van der Waals surface area contributed by atoms with Crippen LogP contribution < -0.4 is 11.1 Å². The zero-order valence-electron chi connectivity index (χ0n) is 13.3. The highest BCUT2D eigenvalue weighted by Crippen LogP contribution is 2.25. The number of halogens is 1. The van der Waals surface area contributed by atoms with Crippen LogP contribution in [0.15, 0.2) is 12.1 Å². The van der Waals surface area contributed by atoms with Gasteiger partial charge in [-0.15, -0.1) is 0 Å². The van der Waals surface area contributed by atoms with Crippen molar-refractivity contribution in [3.63, 3.8) is 0 Å². The van der Waals surface area contributed by atoms with E-state index in [9.17, 15) is 4.79 Å². The van der Waals surface area contributed by atoms with E-state index in [0.29, 0.717) is 18.2 Å². The van der Waals surface area contributed by atoms with Crippen molar-refractivity contribution in [2.45, 2.75) is 45.6 Å². The van der Waals surface area contributed by atoms with Crippen molar-refractivity contribution >= 4 is 17.7 Å². The Morgan fingerprint density at radius 1 is 1.38 bits per heavy atom. The van der Waals surface area contributed by atoms with E-state index >= 15 is 0 Å². The van der Waals surface area contributed by atoms with Gasteiger partial charge in [-0.2, -0.15) is 0 Å². The van der Waals surface area contributed by atoms with Crippen LogP contribution in [-0.4, -0.2) is 29.8 Å². The Morgan fingerprint density at radius 3 is 2.48 bits per heavy atom. The van der Waals surface area contributed by atoms with Crippen molar-refractivity contribution in [3.8, 4) is 0 Å². The standard InChI is InChI=1S/C15H24ClN3O2/c1-10-6-11(7-12(16)19-10)15(5,8-17)9-18-13(20)21-14(2,3)4/h6-7H,8-9,17H2,1-5H3,(H,18,20). The van der Waals surface area contributed by atoms with Crippen LogP contribution in [0.25, 0.3) is 0 Å². The first-order valence-electron chi connectivity index (χ1n) is 6.87. The Morgan fingerprint density at radius 2 is 2.00 bits per heavy atom. The highest BCUT2D eigenvalue weighted by Gasteiger charge is 2.27. The third kappa shape index (κ3) is 5.52. The molecule has 0 bridgehead atoms. The number of hydrogen-bond donors (Lipinski definition) is 2.